The zero-order valence-electron chi connectivity index (χ0n) is 17.4. The molecular formula is C20H36IN5O2. The molecule has 1 saturated heterocycles. The molecule has 8 heteroatoms. The number of nitrogens with one attached hydrogen (secondary N) is 2. The number of halogens is 1. The summed E-state index contributed by atoms with van der Waals surface area (Å²) in [7, 11) is 0. The molecule has 2 N–H and O–H groups in total. The number of aromatic nitrogens is 1. The van der Waals surface area contributed by atoms with Crippen molar-refractivity contribution in [1.29, 1.82) is 0 Å². The van der Waals surface area contributed by atoms with Gasteiger partial charge in [-0.1, -0.05) is 6.07 Å². The van der Waals surface area contributed by atoms with E-state index in [9.17, 15) is 4.79 Å². The van der Waals surface area contributed by atoms with Crippen LogP contribution in [0.25, 0.3) is 0 Å². The highest BCUT2D eigenvalue weighted by Crippen LogP contribution is 2.16. The molecule has 2 heterocycles. The van der Waals surface area contributed by atoms with E-state index in [-0.39, 0.29) is 35.1 Å². The molecule has 0 amide bonds. The predicted octanol–water partition coefficient (Wildman–Crippen LogP) is 1.91. The van der Waals surface area contributed by atoms with E-state index in [0.29, 0.717) is 0 Å². The van der Waals surface area contributed by atoms with Crippen LogP contribution in [0.4, 0.5) is 0 Å². The van der Waals surface area contributed by atoms with Crippen LogP contribution < -0.4 is 16.2 Å². The van der Waals surface area contributed by atoms with E-state index >= 15 is 0 Å². The molecule has 0 aromatic carbocycles. The first kappa shape index (κ1) is 24.9. The summed E-state index contributed by atoms with van der Waals surface area (Å²) in [6.07, 6.45) is 3.78. The van der Waals surface area contributed by atoms with E-state index in [1.54, 1.807) is 16.7 Å². The second-order valence-corrected chi connectivity index (χ2v) is 7.47. The van der Waals surface area contributed by atoms with Gasteiger partial charge in [0, 0.05) is 50.5 Å². The van der Waals surface area contributed by atoms with E-state index in [4.69, 9.17) is 9.73 Å². The van der Waals surface area contributed by atoms with Crippen LogP contribution in [-0.4, -0.2) is 66.9 Å². The van der Waals surface area contributed by atoms with Gasteiger partial charge in [-0.2, -0.15) is 0 Å². The van der Waals surface area contributed by atoms with Gasteiger partial charge in [-0.15, -0.1) is 24.0 Å². The fourth-order valence-corrected chi connectivity index (χ4v) is 3.14. The van der Waals surface area contributed by atoms with Crippen molar-refractivity contribution in [3.8, 4) is 0 Å². The van der Waals surface area contributed by atoms with Gasteiger partial charge >= 0.3 is 0 Å². The maximum atomic E-state index is 11.7. The lowest BCUT2D eigenvalue weighted by atomic mass is 10.0. The molecule has 0 bridgehead atoms. The number of ether oxygens (including phenoxy) is 1. The number of aryl methyl sites for hydroxylation is 1. The van der Waals surface area contributed by atoms with Gasteiger partial charge in [0.1, 0.15) is 0 Å². The highest BCUT2D eigenvalue weighted by molar-refractivity contribution is 14.0. The molecule has 0 radical (unpaired) electrons. The topological polar surface area (TPSA) is 70.9 Å². The molecule has 28 heavy (non-hydrogen) atoms. The Balaban J connectivity index is 0.00000392. The van der Waals surface area contributed by atoms with Crippen LogP contribution in [0.3, 0.4) is 0 Å². The highest BCUT2D eigenvalue weighted by atomic mass is 127. The van der Waals surface area contributed by atoms with Crippen LogP contribution in [0.1, 0.15) is 33.6 Å². The first-order valence-corrected chi connectivity index (χ1v) is 10.0. The summed E-state index contributed by atoms with van der Waals surface area (Å²) < 4.78 is 7.21. The Morgan fingerprint density at radius 3 is 2.64 bits per heavy atom. The van der Waals surface area contributed by atoms with Gasteiger partial charge < -0.3 is 19.9 Å². The number of rotatable bonds is 9. The second kappa shape index (κ2) is 13.2. The van der Waals surface area contributed by atoms with Crippen molar-refractivity contribution in [3.63, 3.8) is 0 Å². The molecule has 1 fully saturated rings. The van der Waals surface area contributed by atoms with Gasteiger partial charge in [0.25, 0.3) is 0 Å². The third kappa shape index (κ3) is 8.48. The largest absolute Gasteiger partial charge is 0.379 e. The number of pyridine rings is 1. The number of morpholine rings is 1. The number of aliphatic imine (C=N–C) groups is 1. The van der Waals surface area contributed by atoms with Crippen molar-refractivity contribution in [2.24, 2.45) is 4.99 Å². The Morgan fingerprint density at radius 1 is 1.21 bits per heavy atom. The summed E-state index contributed by atoms with van der Waals surface area (Å²) in [5, 5.41) is 6.72. The highest BCUT2D eigenvalue weighted by Gasteiger charge is 2.28. The molecule has 2 rings (SSSR count). The van der Waals surface area contributed by atoms with Crippen molar-refractivity contribution < 1.29 is 4.74 Å². The van der Waals surface area contributed by atoms with Gasteiger partial charge in [-0.25, -0.2) is 0 Å². The van der Waals surface area contributed by atoms with E-state index in [1.807, 2.05) is 12.3 Å². The Bertz CT molecular complexity index is 641. The number of hydrogen-bond donors (Lipinski definition) is 2. The molecule has 1 aromatic rings. The third-order valence-electron chi connectivity index (χ3n) is 4.85. The summed E-state index contributed by atoms with van der Waals surface area (Å²) in [4.78, 5) is 18.9. The zero-order chi connectivity index (χ0) is 19.5. The maximum absolute atomic E-state index is 11.7. The molecule has 1 aliphatic rings. The summed E-state index contributed by atoms with van der Waals surface area (Å²) in [6.45, 7) is 13.2. The van der Waals surface area contributed by atoms with Crippen molar-refractivity contribution in [1.82, 2.24) is 20.1 Å². The molecule has 0 unspecified atom stereocenters. The Morgan fingerprint density at radius 2 is 1.96 bits per heavy atom. The van der Waals surface area contributed by atoms with Crippen LogP contribution >= 0.6 is 24.0 Å². The SMILES string of the molecule is CCNC(=NCC(C)(C)N1CCOCC1)NCCCCn1ccccc1=O.I. The molecule has 7 nitrogen and oxygen atoms in total. The predicted molar refractivity (Wildman–Crippen MR) is 126 cm³/mol. The monoisotopic (exact) mass is 505 g/mol. The molecule has 0 spiro atoms. The van der Waals surface area contributed by atoms with Crippen molar-refractivity contribution in [2.75, 3.05) is 45.9 Å². The van der Waals surface area contributed by atoms with Gasteiger partial charge in [0.05, 0.1) is 19.8 Å². The standard InChI is InChI=1S/C20H35N5O2.HI/c1-4-21-19(23-17-20(2,3)25-13-15-27-16-14-25)22-10-6-8-12-24-11-7-5-9-18(24)26;/h5,7,9,11H,4,6,8,10,12-17H2,1-3H3,(H2,21,22,23);1H. The Hall–Kier alpha value is -1.13. The van der Waals surface area contributed by atoms with E-state index in [0.717, 1.165) is 71.3 Å². The first-order valence-electron chi connectivity index (χ1n) is 10.0. The zero-order valence-corrected chi connectivity index (χ0v) is 19.8. The lowest BCUT2D eigenvalue weighted by molar-refractivity contribution is -0.00683. The van der Waals surface area contributed by atoms with E-state index < -0.39 is 0 Å². The minimum absolute atomic E-state index is 0. The van der Waals surface area contributed by atoms with Crippen LogP contribution in [0.15, 0.2) is 34.2 Å². The smallest absolute Gasteiger partial charge is 0.250 e. The minimum atomic E-state index is 0. The van der Waals surface area contributed by atoms with E-state index in [1.165, 1.54) is 0 Å². The van der Waals surface area contributed by atoms with Gasteiger partial charge in [-0.05, 0) is 39.7 Å². The second-order valence-electron chi connectivity index (χ2n) is 7.47. The number of guanidine groups is 1. The van der Waals surface area contributed by atoms with Crippen LogP contribution in [0.2, 0.25) is 0 Å². The summed E-state index contributed by atoms with van der Waals surface area (Å²) >= 11 is 0. The van der Waals surface area contributed by atoms with Crippen LogP contribution in [0, 0.1) is 0 Å². The summed E-state index contributed by atoms with van der Waals surface area (Å²) in [5.74, 6) is 0.857. The van der Waals surface area contributed by atoms with Crippen LogP contribution in [0.5, 0.6) is 0 Å². The van der Waals surface area contributed by atoms with Gasteiger partial charge in [-0.3, -0.25) is 14.7 Å². The number of nitrogens with zero attached hydrogens (tertiary/aromatic N) is 3. The van der Waals surface area contributed by atoms with E-state index in [2.05, 4.69) is 36.3 Å². The van der Waals surface area contributed by atoms with Crippen molar-refractivity contribution >= 4 is 29.9 Å². The third-order valence-corrected chi connectivity index (χ3v) is 4.85. The molecule has 160 valence electrons. The van der Waals surface area contributed by atoms with Gasteiger partial charge in [0.2, 0.25) is 5.56 Å². The lowest BCUT2D eigenvalue weighted by Gasteiger charge is -2.39. The molecule has 0 aliphatic carbocycles. The average Bonchev–Trinajstić information content (AvgIpc) is 2.68. The minimum Gasteiger partial charge on any atom is -0.379 e. The van der Waals surface area contributed by atoms with Crippen molar-refractivity contribution in [3.05, 3.63) is 34.7 Å². The molecular weight excluding hydrogens is 469 g/mol. The summed E-state index contributed by atoms with van der Waals surface area (Å²) in [5.41, 5.74) is 0.0753. The molecule has 1 aliphatic heterocycles. The van der Waals surface area contributed by atoms with Gasteiger partial charge in [0.15, 0.2) is 5.96 Å². The number of hydrogen-bond acceptors (Lipinski definition) is 4. The lowest BCUT2D eigenvalue weighted by Crippen LogP contribution is -2.52. The summed E-state index contributed by atoms with van der Waals surface area (Å²) in [6, 6.07) is 5.27. The maximum Gasteiger partial charge on any atom is 0.250 e. The fourth-order valence-electron chi connectivity index (χ4n) is 3.14. The van der Waals surface area contributed by atoms with Crippen molar-refractivity contribution in [2.45, 2.75) is 45.7 Å². The molecule has 1 aromatic heterocycles. The quantitative estimate of drug-likeness (QED) is 0.232. The average molecular weight is 505 g/mol. The normalized spacial score (nSPS) is 15.8. The first-order chi connectivity index (χ1) is 13.0. The Kier molecular flexibility index (Phi) is 11.7. The molecule has 0 saturated carbocycles. The molecule has 0 atom stereocenters. The number of unbranched alkanes of at least 4 members (excludes halogenated alkanes) is 1. The van der Waals surface area contributed by atoms with Crippen LogP contribution in [-0.2, 0) is 11.3 Å². The fraction of sp³-hybridized carbons (Fsp3) is 0.700. The Labute approximate surface area is 186 Å².